The Bertz CT molecular complexity index is 370. The second-order valence-corrected chi connectivity index (χ2v) is 4.64. The Morgan fingerprint density at radius 3 is 1.06 bits per heavy atom. The third kappa shape index (κ3) is 3.02. The third-order valence-corrected chi connectivity index (χ3v) is 3.43. The fourth-order valence-corrected chi connectivity index (χ4v) is 1.71. The summed E-state index contributed by atoms with van der Waals surface area (Å²) in [5, 5.41) is 34.7. The van der Waals surface area contributed by atoms with Gasteiger partial charge in [0.05, 0.1) is 12.8 Å². The lowest BCUT2D eigenvalue weighted by molar-refractivity contribution is -0.156. The lowest BCUT2D eigenvalue weighted by atomic mass is 9.85. The van der Waals surface area contributed by atoms with Crippen LogP contribution >= 0.6 is 23.2 Å². The van der Waals surface area contributed by atoms with E-state index in [-0.39, 0.29) is 0 Å². The van der Waals surface area contributed by atoms with Gasteiger partial charge >= 0.3 is 23.9 Å². The van der Waals surface area contributed by atoms with E-state index in [4.69, 9.17) is 43.6 Å². The largest absolute Gasteiger partial charge is 0.481 e. The highest BCUT2D eigenvalue weighted by molar-refractivity contribution is 6.48. The fourth-order valence-electron chi connectivity index (χ4n) is 1.19. The molecule has 2 unspecified atom stereocenters. The van der Waals surface area contributed by atoms with E-state index in [1.54, 1.807) is 0 Å². The average Bonchev–Trinajstić information content (AvgIpc) is 2.14. The van der Waals surface area contributed by atoms with Crippen LogP contribution in [-0.4, -0.2) is 54.1 Å². The molecule has 18 heavy (non-hydrogen) atoms. The highest BCUT2D eigenvalue weighted by Crippen LogP contribution is 2.42. The number of alkyl halides is 2. The zero-order valence-corrected chi connectivity index (χ0v) is 10.1. The fraction of sp³-hybridized carbons (Fsp3) is 0.500. The van der Waals surface area contributed by atoms with E-state index in [9.17, 15) is 19.2 Å². The van der Waals surface area contributed by atoms with Gasteiger partial charge in [-0.05, 0) is 0 Å². The molecule has 0 aromatic carbocycles. The lowest BCUT2D eigenvalue weighted by Gasteiger charge is -2.33. The molecule has 8 nitrogen and oxygen atoms in total. The molecular weight excluding hydrogens is 295 g/mol. The molecule has 10 heteroatoms. The van der Waals surface area contributed by atoms with Gasteiger partial charge in [0.2, 0.25) is 0 Å². The number of hydrogen-bond donors (Lipinski definition) is 4. The number of rotatable bonds is 7. The van der Waals surface area contributed by atoms with Gasteiger partial charge in [0.25, 0.3) is 0 Å². The smallest absolute Gasteiger partial charge is 0.327 e. The molecule has 0 bridgehead atoms. The van der Waals surface area contributed by atoms with Gasteiger partial charge in [-0.3, -0.25) is 19.2 Å². The number of hydrogen-bond acceptors (Lipinski definition) is 4. The predicted molar refractivity (Wildman–Crippen MR) is 56.9 cm³/mol. The van der Waals surface area contributed by atoms with E-state index in [1.807, 2.05) is 0 Å². The summed E-state index contributed by atoms with van der Waals surface area (Å²) >= 11 is 10.9. The van der Waals surface area contributed by atoms with Crippen molar-refractivity contribution in [3.63, 3.8) is 0 Å². The Hall–Kier alpha value is -1.54. The Morgan fingerprint density at radius 1 is 0.722 bits per heavy atom. The van der Waals surface area contributed by atoms with Gasteiger partial charge in [-0.25, -0.2) is 0 Å². The Labute approximate surface area is 110 Å². The van der Waals surface area contributed by atoms with Crippen LogP contribution in [0.5, 0.6) is 0 Å². The molecule has 0 heterocycles. The molecule has 0 aliphatic carbocycles. The van der Waals surface area contributed by atoms with Crippen LogP contribution in [0.3, 0.4) is 0 Å². The van der Waals surface area contributed by atoms with Crippen LogP contribution in [-0.2, 0) is 19.2 Å². The van der Waals surface area contributed by atoms with Gasteiger partial charge in [0, 0.05) is 0 Å². The quantitative estimate of drug-likeness (QED) is 0.482. The minimum absolute atomic E-state index is 1.35. The maximum atomic E-state index is 11.0. The van der Waals surface area contributed by atoms with Crippen molar-refractivity contribution in [2.75, 3.05) is 0 Å². The Morgan fingerprint density at radius 2 is 0.944 bits per heavy atom. The van der Waals surface area contributed by atoms with Gasteiger partial charge in [-0.1, -0.05) is 0 Å². The molecule has 0 aromatic heterocycles. The van der Waals surface area contributed by atoms with Crippen molar-refractivity contribution in [3.8, 4) is 0 Å². The number of halogens is 2. The summed E-state index contributed by atoms with van der Waals surface area (Å²) in [5.74, 6) is -7.54. The van der Waals surface area contributed by atoms with E-state index in [0.29, 0.717) is 0 Å². The van der Waals surface area contributed by atoms with Crippen molar-refractivity contribution < 1.29 is 39.6 Å². The van der Waals surface area contributed by atoms with Crippen molar-refractivity contribution in [3.05, 3.63) is 0 Å². The average molecular weight is 303 g/mol. The summed E-state index contributed by atoms with van der Waals surface area (Å²) in [5.41, 5.74) is 0. The lowest BCUT2D eigenvalue weighted by Crippen LogP contribution is -2.58. The number of carboxylic acid groups (broad SMARTS) is 4. The molecule has 102 valence electrons. The first kappa shape index (κ1) is 16.5. The van der Waals surface area contributed by atoms with Crippen molar-refractivity contribution >= 4 is 47.1 Å². The summed E-state index contributed by atoms with van der Waals surface area (Å²) in [4.78, 5) is 37.0. The second kappa shape index (κ2) is 5.40. The second-order valence-electron chi connectivity index (χ2n) is 3.35. The van der Waals surface area contributed by atoms with Crippen molar-refractivity contribution in [1.82, 2.24) is 0 Å². The minimum Gasteiger partial charge on any atom is -0.481 e. The standard InChI is InChI=1S/C8H8Cl2O8/c9-7(5(15)16,1-3(11)12)8(10,6(17)18)2-4(13)14/h1-2H2,(H,11,12)(H,13,14)(H,15,16)(H,17,18). The molecule has 0 fully saturated rings. The first-order valence-corrected chi connectivity index (χ1v) is 5.01. The zero-order valence-electron chi connectivity index (χ0n) is 8.59. The number of aliphatic carboxylic acids is 4. The minimum atomic E-state index is -3.00. The van der Waals surface area contributed by atoms with Crippen LogP contribution in [0.1, 0.15) is 12.8 Å². The SMILES string of the molecule is O=C(O)CC(Cl)(C(=O)O)C(Cl)(CC(=O)O)C(=O)O. The number of carboxylic acids is 4. The van der Waals surface area contributed by atoms with Crippen LogP contribution < -0.4 is 0 Å². The first-order valence-electron chi connectivity index (χ1n) is 4.25. The van der Waals surface area contributed by atoms with Crippen LogP contribution in [0, 0.1) is 0 Å². The molecule has 0 amide bonds. The first-order chi connectivity index (χ1) is 7.97. The molecule has 0 saturated heterocycles. The molecule has 4 N–H and O–H groups in total. The van der Waals surface area contributed by atoms with Gasteiger partial charge in [-0.15, -0.1) is 23.2 Å². The van der Waals surface area contributed by atoms with Crippen LogP contribution in [0.25, 0.3) is 0 Å². The molecule has 0 aliphatic rings. The topological polar surface area (TPSA) is 149 Å². The van der Waals surface area contributed by atoms with Crippen molar-refractivity contribution in [1.29, 1.82) is 0 Å². The molecule has 0 spiro atoms. The van der Waals surface area contributed by atoms with Crippen molar-refractivity contribution in [2.24, 2.45) is 0 Å². The molecule has 0 rings (SSSR count). The highest BCUT2D eigenvalue weighted by atomic mass is 35.5. The summed E-state index contributed by atoms with van der Waals surface area (Å²) in [7, 11) is 0. The van der Waals surface area contributed by atoms with E-state index in [2.05, 4.69) is 0 Å². The maximum Gasteiger partial charge on any atom is 0.327 e. The van der Waals surface area contributed by atoms with E-state index < -0.39 is 46.5 Å². The molecular formula is C8H8Cl2O8. The van der Waals surface area contributed by atoms with Gasteiger partial charge in [0.1, 0.15) is 0 Å². The molecule has 0 radical (unpaired) electrons. The van der Waals surface area contributed by atoms with Gasteiger partial charge in [0.15, 0.2) is 9.75 Å². The Kier molecular flexibility index (Phi) is 4.94. The van der Waals surface area contributed by atoms with E-state index >= 15 is 0 Å². The predicted octanol–water partition coefficient (Wildman–Crippen LogP) is 0.0602. The summed E-state index contributed by atoms with van der Waals surface area (Å²) < 4.78 is 0. The Balaban J connectivity index is 5.78. The monoisotopic (exact) mass is 302 g/mol. The third-order valence-electron chi connectivity index (χ3n) is 2.10. The van der Waals surface area contributed by atoms with E-state index in [1.165, 1.54) is 0 Å². The molecule has 0 saturated carbocycles. The van der Waals surface area contributed by atoms with E-state index in [0.717, 1.165) is 0 Å². The van der Waals surface area contributed by atoms with Gasteiger partial charge < -0.3 is 20.4 Å². The van der Waals surface area contributed by atoms with Crippen molar-refractivity contribution in [2.45, 2.75) is 22.6 Å². The molecule has 0 aliphatic heterocycles. The summed E-state index contributed by atoms with van der Waals surface area (Å²) in [6.45, 7) is 0. The summed E-state index contributed by atoms with van der Waals surface area (Å²) in [6.07, 6.45) is -2.71. The highest BCUT2D eigenvalue weighted by Gasteiger charge is 2.62. The normalized spacial score (nSPS) is 17.2. The van der Waals surface area contributed by atoms with Crippen LogP contribution in [0.2, 0.25) is 0 Å². The van der Waals surface area contributed by atoms with Gasteiger partial charge in [-0.2, -0.15) is 0 Å². The maximum absolute atomic E-state index is 11.0. The van der Waals surface area contributed by atoms with Crippen LogP contribution in [0.15, 0.2) is 0 Å². The molecule has 2 atom stereocenters. The number of carbonyl (C=O) groups is 4. The summed E-state index contributed by atoms with van der Waals surface area (Å²) in [6, 6.07) is 0. The van der Waals surface area contributed by atoms with Crippen LogP contribution in [0.4, 0.5) is 0 Å². The molecule has 0 aromatic rings. The zero-order chi connectivity index (χ0) is 14.7.